The molecule has 0 fully saturated rings. The summed E-state index contributed by atoms with van der Waals surface area (Å²) in [7, 11) is 0. The van der Waals surface area contributed by atoms with Crippen molar-refractivity contribution in [2.24, 2.45) is 0 Å². The zero-order valence-electron chi connectivity index (χ0n) is 11.7. The molecule has 0 radical (unpaired) electrons. The van der Waals surface area contributed by atoms with E-state index >= 15 is 0 Å². The predicted octanol–water partition coefficient (Wildman–Crippen LogP) is 5.37. The molecule has 2 rings (SSSR count). The third-order valence-electron chi connectivity index (χ3n) is 2.94. The van der Waals surface area contributed by atoms with Crippen LogP contribution >= 0.6 is 46.0 Å². The molecule has 0 aliphatic heterocycles. The molecule has 21 heavy (non-hydrogen) atoms. The summed E-state index contributed by atoms with van der Waals surface area (Å²) in [4.78, 5) is 13.3. The quantitative estimate of drug-likeness (QED) is 0.521. The maximum absolute atomic E-state index is 12.3. The minimum Gasteiger partial charge on any atom is -0.325 e. The van der Waals surface area contributed by atoms with Crippen LogP contribution in [0.15, 0.2) is 47.4 Å². The second kappa shape index (κ2) is 7.51. The number of aryl methyl sites for hydroxylation is 1. The minimum absolute atomic E-state index is 0.000687. The molecule has 2 aromatic rings. The Labute approximate surface area is 147 Å². The van der Waals surface area contributed by atoms with Gasteiger partial charge in [0.05, 0.1) is 5.25 Å². The molecule has 0 saturated carbocycles. The largest absolute Gasteiger partial charge is 0.325 e. The lowest BCUT2D eigenvalue weighted by Gasteiger charge is -2.13. The highest BCUT2D eigenvalue weighted by molar-refractivity contribution is 14.1. The molecule has 0 bridgehead atoms. The molecule has 0 aliphatic carbocycles. The van der Waals surface area contributed by atoms with Crippen molar-refractivity contribution in [3.05, 3.63) is 56.6 Å². The Kier molecular flexibility index (Phi) is 5.96. The summed E-state index contributed by atoms with van der Waals surface area (Å²) in [5.74, 6) is -0.000687. The SMILES string of the molecule is Cc1cc(I)ccc1NC(=O)[C@@H](C)Sc1ccc(Cl)cc1. The standard InChI is InChI=1S/C16H15ClINOS/c1-10-9-13(18)5-8-15(10)19-16(20)11(2)21-14-6-3-12(17)4-7-14/h3-9,11H,1-2H3,(H,19,20)/t11-/m1/s1. The lowest BCUT2D eigenvalue weighted by atomic mass is 10.2. The van der Waals surface area contributed by atoms with E-state index in [-0.39, 0.29) is 11.2 Å². The Balaban J connectivity index is 2.00. The number of amides is 1. The van der Waals surface area contributed by atoms with Crippen LogP contribution in [-0.4, -0.2) is 11.2 Å². The number of rotatable bonds is 4. The molecular weight excluding hydrogens is 417 g/mol. The van der Waals surface area contributed by atoms with Gasteiger partial charge in [0.25, 0.3) is 0 Å². The number of benzene rings is 2. The first kappa shape index (κ1) is 16.6. The van der Waals surface area contributed by atoms with E-state index in [0.29, 0.717) is 5.02 Å². The van der Waals surface area contributed by atoms with Gasteiger partial charge in [0, 0.05) is 19.2 Å². The number of anilines is 1. The highest BCUT2D eigenvalue weighted by Gasteiger charge is 2.15. The second-order valence-electron chi connectivity index (χ2n) is 4.66. The van der Waals surface area contributed by atoms with Crippen molar-refractivity contribution in [1.29, 1.82) is 0 Å². The van der Waals surface area contributed by atoms with Gasteiger partial charge in [0.2, 0.25) is 5.91 Å². The van der Waals surface area contributed by atoms with Crippen molar-refractivity contribution in [1.82, 2.24) is 0 Å². The molecule has 0 unspecified atom stereocenters. The van der Waals surface area contributed by atoms with Gasteiger partial charge in [-0.05, 0) is 84.5 Å². The van der Waals surface area contributed by atoms with Gasteiger partial charge in [0.15, 0.2) is 0 Å². The molecule has 5 heteroatoms. The maximum atomic E-state index is 12.3. The minimum atomic E-state index is -0.176. The van der Waals surface area contributed by atoms with Crippen molar-refractivity contribution in [3.63, 3.8) is 0 Å². The van der Waals surface area contributed by atoms with Crippen LogP contribution in [0.1, 0.15) is 12.5 Å². The van der Waals surface area contributed by atoms with Crippen LogP contribution in [-0.2, 0) is 4.79 Å². The van der Waals surface area contributed by atoms with Crippen LogP contribution in [0.4, 0.5) is 5.69 Å². The molecule has 110 valence electrons. The van der Waals surface area contributed by atoms with Crippen LogP contribution in [0.25, 0.3) is 0 Å². The molecule has 0 spiro atoms. The molecule has 0 heterocycles. The average Bonchev–Trinajstić information content (AvgIpc) is 2.44. The summed E-state index contributed by atoms with van der Waals surface area (Å²) in [6, 6.07) is 13.5. The van der Waals surface area contributed by atoms with E-state index in [1.165, 1.54) is 11.8 Å². The number of carbonyl (C=O) groups is 1. The number of hydrogen-bond acceptors (Lipinski definition) is 2. The fourth-order valence-corrected chi connectivity index (χ4v) is 3.41. The third-order valence-corrected chi connectivity index (χ3v) is 4.98. The molecule has 0 aliphatic rings. The van der Waals surface area contributed by atoms with E-state index < -0.39 is 0 Å². The fraction of sp³-hybridized carbons (Fsp3) is 0.188. The molecule has 2 nitrogen and oxygen atoms in total. The Hall–Kier alpha value is -0.720. The third kappa shape index (κ3) is 4.90. The Bertz CT molecular complexity index is 645. The first-order valence-electron chi connectivity index (χ1n) is 6.45. The molecule has 2 aromatic carbocycles. The second-order valence-corrected chi connectivity index (χ2v) is 7.76. The number of hydrogen-bond donors (Lipinski definition) is 1. The van der Waals surface area contributed by atoms with Crippen LogP contribution in [0.3, 0.4) is 0 Å². The van der Waals surface area contributed by atoms with Crippen molar-refractivity contribution < 1.29 is 4.79 Å². The van der Waals surface area contributed by atoms with Gasteiger partial charge in [-0.25, -0.2) is 0 Å². The summed E-state index contributed by atoms with van der Waals surface area (Å²) in [6.45, 7) is 3.89. The topological polar surface area (TPSA) is 29.1 Å². The van der Waals surface area contributed by atoms with Gasteiger partial charge < -0.3 is 5.32 Å². The Morgan fingerprint density at radius 3 is 2.52 bits per heavy atom. The van der Waals surface area contributed by atoms with E-state index in [9.17, 15) is 4.79 Å². The number of carbonyl (C=O) groups excluding carboxylic acids is 1. The Morgan fingerprint density at radius 1 is 1.24 bits per heavy atom. The van der Waals surface area contributed by atoms with Crippen LogP contribution in [0, 0.1) is 10.5 Å². The first-order valence-corrected chi connectivity index (χ1v) is 8.78. The summed E-state index contributed by atoms with van der Waals surface area (Å²) >= 11 is 9.63. The first-order chi connectivity index (χ1) is 9.95. The zero-order valence-corrected chi connectivity index (χ0v) is 15.4. The van der Waals surface area contributed by atoms with Crippen molar-refractivity contribution in [3.8, 4) is 0 Å². The molecule has 0 aromatic heterocycles. The fourth-order valence-electron chi connectivity index (χ4n) is 1.77. The molecule has 1 atom stereocenters. The molecular formula is C16H15ClINOS. The molecule has 0 saturated heterocycles. The summed E-state index contributed by atoms with van der Waals surface area (Å²) < 4.78 is 1.16. The van der Waals surface area contributed by atoms with E-state index in [1.54, 1.807) is 0 Å². The van der Waals surface area contributed by atoms with Gasteiger partial charge in [-0.1, -0.05) is 11.6 Å². The smallest absolute Gasteiger partial charge is 0.237 e. The van der Waals surface area contributed by atoms with Gasteiger partial charge in [-0.15, -0.1) is 11.8 Å². The molecule has 1 amide bonds. The van der Waals surface area contributed by atoms with Gasteiger partial charge in [0.1, 0.15) is 0 Å². The average molecular weight is 432 g/mol. The number of nitrogens with one attached hydrogen (secondary N) is 1. The summed E-state index contributed by atoms with van der Waals surface area (Å²) in [5.41, 5.74) is 1.93. The van der Waals surface area contributed by atoms with E-state index in [1.807, 2.05) is 56.3 Å². The normalized spacial score (nSPS) is 12.0. The van der Waals surface area contributed by atoms with Crippen LogP contribution in [0.2, 0.25) is 5.02 Å². The highest BCUT2D eigenvalue weighted by Crippen LogP contribution is 2.26. The molecule has 1 N–H and O–H groups in total. The van der Waals surface area contributed by atoms with Gasteiger partial charge >= 0.3 is 0 Å². The zero-order chi connectivity index (χ0) is 15.4. The lowest BCUT2D eigenvalue weighted by molar-refractivity contribution is -0.115. The van der Waals surface area contributed by atoms with Crippen molar-refractivity contribution in [2.45, 2.75) is 24.0 Å². The predicted molar refractivity (Wildman–Crippen MR) is 99.3 cm³/mol. The number of thioether (sulfide) groups is 1. The van der Waals surface area contributed by atoms with E-state index in [0.717, 1.165) is 19.7 Å². The number of halogens is 2. The van der Waals surface area contributed by atoms with Gasteiger partial charge in [-0.3, -0.25) is 4.79 Å². The van der Waals surface area contributed by atoms with Gasteiger partial charge in [-0.2, -0.15) is 0 Å². The lowest BCUT2D eigenvalue weighted by Crippen LogP contribution is -2.22. The van der Waals surface area contributed by atoms with E-state index in [2.05, 4.69) is 27.9 Å². The van der Waals surface area contributed by atoms with Crippen LogP contribution < -0.4 is 5.32 Å². The Morgan fingerprint density at radius 2 is 1.90 bits per heavy atom. The summed E-state index contributed by atoms with van der Waals surface area (Å²) in [6.07, 6.45) is 0. The van der Waals surface area contributed by atoms with E-state index in [4.69, 9.17) is 11.6 Å². The highest BCUT2D eigenvalue weighted by atomic mass is 127. The summed E-state index contributed by atoms with van der Waals surface area (Å²) in [5, 5.41) is 3.50. The van der Waals surface area contributed by atoms with Crippen LogP contribution in [0.5, 0.6) is 0 Å². The monoisotopic (exact) mass is 431 g/mol. The van der Waals surface area contributed by atoms with Crippen molar-refractivity contribution in [2.75, 3.05) is 5.32 Å². The maximum Gasteiger partial charge on any atom is 0.237 e. The van der Waals surface area contributed by atoms with Crippen molar-refractivity contribution >= 4 is 57.5 Å².